The average Bonchev–Trinajstić information content (AvgIpc) is 2.81. The van der Waals surface area contributed by atoms with Crippen molar-refractivity contribution in [3.05, 3.63) is 0 Å². The molecule has 0 unspecified atom stereocenters. The Bertz CT molecular complexity index is 446. The first-order valence-electron chi connectivity index (χ1n) is 7.83. The number of Topliss-reactive ketones (excluding diaryl/α,β-unsaturated/α-hetero) is 2. The Balaban J connectivity index is 1.69. The van der Waals surface area contributed by atoms with Gasteiger partial charge in [-0.25, -0.2) is 0 Å². The van der Waals surface area contributed by atoms with Crippen LogP contribution in [-0.2, 0) is 9.59 Å². The quantitative estimate of drug-likeness (QED) is 0.668. The molecule has 0 amide bonds. The van der Waals surface area contributed by atoms with Crippen molar-refractivity contribution in [1.82, 2.24) is 4.90 Å². The highest BCUT2D eigenvalue weighted by Gasteiger charge is 2.64. The number of nitrogens with zero attached hydrogens (tertiary/aromatic N) is 1. The van der Waals surface area contributed by atoms with Crippen LogP contribution in [0.3, 0.4) is 0 Å². The number of rotatable bonds is 0. The minimum absolute atomic E-state index is 0.228. The molecule has 3 aliphatic carbocycles. The Labute approximate surface area is 114 Å². The largest absolute Gasteiger partial charge is 0.306 e. The van der Waals surface area contributed by atoms with E-state index < -0.39 is 0 Å². The summed E-state index contributed by atoms with van der Waals surface area (Å²) < 4.78 is 0. The molecule has 1 saturated heterocycles. The third-order valence-corrected chi connectivity index (χ3v) is 6.64. The summed E-state index contributed by atoms with van der Waals surface area (Å²) in [6.07, 6.45) is 5.54. The zero-order valence-corrected chi connectivity index (χ0v) is 11.7. The van der Waals surface area contributed by atoms with E-state index in [9.17, 15) is 9.59 Å². The molecule has 0 aromatic carbocycles. The monoisotopic (exact) mass is 261 g/mol. The smallest absolute Gasteiger partial charge is 0.137 e. The lowest BCUT2D eigenvalue weighted by atomic mass is 9.64. The van der Waals surface area contributed by atoms with Gasteiger partial charge in [0.05, 0.1) is 0 Å². The molecular formula is C16H23NO2. The Morgan fingerprint density at radius 1 is 1.26 bits per heavy atom. The molecule has 0 N–H and O–H groups in total. The Morgan fingerprint density at radius 3 is 2.95 bits per heavy atom. The van der Waals surface area contributed by atoms with Crippen molar-refractivity contribution in [3.63, 3.8) is 0 Å². The highest BCUT2D eigenvalue weighted by molar-refractivity contribution is 5.89. The Hall–Kier alpha value is -0.700. The fraction of sp³-hybridized carbons (Fsp3) is 0.875. The van der Waals surface area contributed by atoms with E-state index in [2.05, 4.69) is 11.9 Å². The first-order valence-corrected chi connectivity index (χ1v) is 7.83. The predicted octanol–water partition coefficient (Wildman–Crippen LogP) is 1.90. The first-order chi connectivity index (χ1) is 9.10. The molecule has 19 heavy (non-hydrogen) atoms. The number of ketones is 2. The third kappa shape index (κ3) is 1.54. The summed E-state index contributed by atoms with van der Waals surface area (Å²) in [7, 11) is 2.20. The zero-order valence-electron chi connectivity index (χ0n) is 11.7. The number of carbonyl (C=O) groups is 2. The molecular weight excluding hydrogens is 238 g/mol. The second-order valence-corrected chi connectivity index (χ2v) is 7.50. The van der Waals surface area contributed by atoms with Crippen LogP contribution in [0.5, 0.6) is 0 Å². The van der Waals surface area contributed by atoms with Crippen LogP contribution in [0.15, 0.2) is 0 Å². The van der Waals surface area contributed by atoms with Crippen molar-refractivity contribution in [2.75, 3.05) is 20.1 Å². The number of fused-ring (bicyclic) bond motifs is 2. The van der Waals surface area contributed by atoms with Crippen LogP contribution in [-0.4, -0.2) is 36.6 Å². The van der Waals surface area contributed by atoms with Crippen molar-refractivity contribution < 1.29 is 9.59 Å². The molecule has 0 bridgehead atoms. The molecule has 0 aromatic rings. The van der Waals surface area contributed by atoms with E-state index in [0.29, 0.717) is 48.1 Å². The van der Waals surface area contributed by atoms with E-state index in [1.165, 1.54) is 12.8 Å². The zero-order chi connectivity index (χ0) is 13.2. The topological polar surface area (TPSA) is 37.4 Å². The summed E-state index contributed by atoms with van der Waals surface area (Å²) >= 11 is 0. The van der Waals surface area contributed by atoms with Gasteiger partial charge in [-0.05, 0) is 56.0 Å². The molecule has 3 heteroatoms. The Kier molecular flexibility index (Phi) is 2.48. The SMILES string of the molecule is CN1CC[C@H]2[C@@H](C1)C[C@]13CCC(=O)C[C@H]1CC(=O)[C@H]23. The summed E-state index contributed by atoms with van der Waals surface area (Å²) in [5.41, 5.74) is 0.228. The van der Waals surface area contributed by atoms with E-state index in [0.717, 1.165) is 25.9 Å². The normalized spacial score (nSPS) is 49.9. The van der Waals surface area contributed by atoms with Crippen molar-refractivity contribution in [2.45, 2.75) is 38.5 Å². The van der Waals surface area contributed by atoms with E-state index in [1.807, 2.05) is 0 Å². The van der Waals surface area contributed by atoms with Gasteiger partial charge < -0.3 is 4.90 Å². The van der Waals surface area contributed by atoms with E-state index >= 15 is 0 Å². The highest BCUT2D eigenvalue weighted by Crippen LogP contribution is 2.66. The van der Waals surface area contributed by atoms with Gasteiger partial charge in [-0.3, -0.25) is 9.59 Å². The second kappa shape index (κ2) is 3.91. The molecule has 3 saturated carbocycles. The molecule has 4 aliphatic rings. The molecule has 4 rings (SSSR count). The van der Waals surface area contributed by atoms with Gasteiger partial charge in [-0.15, -0.1) is 0 Å². The molecule has 1 spiro atoms. The molecule has 1 heterocycles. The maximum absolute atomic E-state index is 12.5. The molecule has 0 aromatic heterocycles. The first kappa shape index (κ1) is 12.1. The van der Waals surface area contributed by atoms with Gasteiger partial charge >= 0.3 is 0 Å². The van der Waals surface area contributed by atoms with Crippen LogP contribution in [0.1, 0.15) is 38.5 Å². The van der Waals surface area contributed by atoms with Crippen LogP contribution in [0, 0.1) is 29.1 Å². The number of hydrogen-bond donors (Lipinski definition) is 0. The Morgan fingerprint density at radius 2 is 2.11 bits per heavy atom. The molecule has 104 valence electrons. The molecule has 5 atom stereocenters. The molecule has 0 radical (unpaired) electrons. The third-order valence-electron chi connectivity index (χ3n) is 6.64. The highest BCUT2D eigenvalue weighted by atomic mass is 16.1. The van der Waals surface area contributed by atoms with Gasteiger partial charge in [-0.1, -0.05) is 0 Å². The summed E-state index contributed by atoms with van der Waals surface area (Å²) in [5.74, 6) is 2.94. The van der Waals surface area contributed by atoms with Crippen LogP contribution < -0.4 is 0 Å². The summed E-state index contributed by atoms with van der Waals surface area (Å²) in [6, 6.07) is 0. The van der Waals surface area contributed by atoms with Gasteiger partial charge in [0.25, 0.3) is 0 Å². The fourth-order valence-electron chi connectivity index (χ4n) is 5.97. The maximum atomic E-state index is 12.5. The number of likely N-dealkylation sites (tertiary alicyclic amines) is 1. The molecule has 3 nitrogen and oxygen atoms in total. The van der Waals surface area contributed by atoms with E-state index in [1.54, 1.807) is 0 Å². The van der Waals surface area contributed by atoms with Crippen molar-refractivity contribution in [3.8, 4) is 0 Å². The van der Waals surface area contributed by atoms with Gasteiger partial charge in [0.1, 0.15) is 11.6 Å². The summed E-state index contributed by atoms with van der Waals surface area (Å²) in [4.78, 5) is 26.7. The standard InChI is InChI=1S/C16H23NO2/c1-17-5-3-13-10(9-17)8-16-4-2-12(18)6-11(16)7-14(19)15(13)16/h10-11,13,15H,2-9H2,1H3/t10-,11+,13+,15+,16-/m1/s1. The van der Waals surface area contributed by atoms with E-state index in [-0.39, 0.29) is 5.41 Å². The summed E-state index contributed by atoms with van der Waals surface area (Å²) in [6.45, 7) is 2.31. The molecule has 1 aliphatic heterocycles. The second-order valence-electron chi connectivity index (χ2n) is 7.50. The van der Waals surface area contributed by atoms with Gasteiger partial charge in [0.2, 0.25) is 0 Å². The van der Waals surface area contributed by atoms with Crippen LogP contribution in [0.2, 0.25) is 0 Å². The van der Waals surface area contributed by atoms with Crippen LogP contribution >= 0.6 is 0 Å². The van der Waals surface area contributed by atoms with Gasteiger partial charge in [-0.2, -0.15) is 0 Å². The average molecular weight is 261 g/mol. The number of piperidine rings is 1. The minimum Gasteiger partial charge on any atom is -0.306 e. The fourth-order valence-corrected chi connectivity index (χ4v) is 5.97. The lowest BCUT2D eigenvalue weighted by molar-refractivity contribution is -0.126. The van der Waals surface area contributed by atoms with Crippen molar-refractivity contribution in [2.24, 2.45) is 29.1 Å². The van der Waals surface area contributed by atoms with Crippen LogP contribution in [0.4, 0.5) is 0 Å². The minimum atomic E-state index is 0.228. The molecule has 4 fully saturated rings. The summed E-state index contributed by atoms with van der Waals surface area (Å²) in [5, 5.41) is 0. The van der Waals surface area contributed by atoms with Crippen molar-refractivity contribution >= 4 is 11.6 Å². The van der Waals surface area contributed by atoms with E-state index in [4.69, 9.17) is 0 Å². The van der Waals surface area contributed by atoms with Gasteiger partial charge in [0.15, 0.2) is 0 Å². The lowest BCUT2D eigenvalue weighted by Crippen LogP contribution is -2.38. The van der Waals surface area contributed by atoms with Crippen LogP contribution in [0.25, 0.3) is 0 Å². The number of carbonyl (C=O) groups excluding carboxylic acids is 2. The van der Waals surface area contributed by atoms with Gasteiger partial charge in [0, 0.05) is 31.7 Å². The lowest BCUT2D eigenvalue weighted by Gasteiger charge is -2.39. The maximum Gasteiger partial charge on any atom is 0.137 e. The predicted molar refractivity (Wildman–Crippen MR) is 71.6 cm³/mol. The number of hydrogen-bond acceptors (Lipinski definition) is 3. The van der Waals surface area contributed by atoms with Crippen molar-refractivity contribution in [1.29, 1.82) is 0 Å².